The van der Waals surface area contributed by atoms with Crippen molar-refractivity contribution in [2.75, 3.05) is 6.61 Å². The Morgan fingerprint density at radius 1 is 1.36 bits per heavy atom. The van der Waals surface area contributed by atoms with Crippen LogP contribution in [-0.4, -0.2) is 28.7 Å². The molecule has 1 unspecified atom stereocenters. The minimum absolute atomic E-state index is 0.166. The van der Waals surface area contributed by atoms with E-state index < -0.39 is 6.10 Å². The third-order valence-electron chi connectivity index (χ3n) is 5.93. The van der Waals surface area contributed by atoms with Crippen molar-refractivity contribution in [3.8, 4) is 11.8 Å². The number of aliphatic hydroxyl groups excluding tert-OH is 2. The molecule has 3 heteroatoms. The average Bonchev–Trinajstić information content (AvgIpc) is 3.10. The summed E-state index contributed by atoms with van der Waals surface area (Å²) in [5, 5.41) is 19.3. The van der Waals surface area contributed by atoms with Crippen LogP contribution in [0.1, 0.15) is 71.6 Å². The van der Waals surface area contributed by atoms with Gasteiger partial charge in [-0.25, -0.2) is 0 Å². The van der Waals surface area contributed by atoms with Crippen molar-refractivity contribution in [1.82, 2.24) is 0 Å². The number of fused-ring (bicyclic) bond motifs is 1. The van der Waals surface area contributed by atoms with Crippen LogP contribution in [0, 0.1) is 35.5 Å². The van der Waals surface area contributed by atoms with Crippen LogP contribution in [0.15, 0.2) is 11.6 Å². The van der Waals surface area contributed by atoms with E-state index in [1.807, 2.05) is 6.92 Å². The first-order valence-electron chi connectivity index (χ1n) is 9.97. The zero-order chi connectivity index (χ0) is 18.2. The largest absolute Gasteiger partial charge is 0.396 e. The van der Waals surface area contributed by atoms with E-state index in [0.29, 0.717) is 24.2 Å². The summed E-state index contributed by atoms with van der Waals surface area (Å²) in [4.78, 5) is 12.7. The lowest BCUT2D eigenvalue weighted by Gasteiger charge is -2.21. The third kappa shape index (κ3) is 5.69. The van der Waals surface area contributed by atoms with Gasteiger partial charge in [-0.05, 0) is 63.2 Å². The fourth-order valence-corrected chi connectivity index (χ4v) is 4.51. The van der Waals surface area contributed by atoms with E-state index in [0.717, 1.165) is 51.4 Å². The van der Waals surface area contributed by atoms with Gasteiger partial charge in [-0.15, -0.1) is 11.8 Å². The van der Waals surface area contributed by atoms with Crippen LogP contribution in [0.2, 0.25) is 0 Å². The monoisotopic (exact) mass is 346 g/mol. The maximum Gasteiger partial charge on any atom is 0.138 e. The van der Waals surface area contributed by atoms with Gasteiger partial charge in [0.1, 0.15) is 5.78 Å². The first kappa shape index (κ1) is 20.2. The number of Topliss-reactive ketones (excluding diaryl/α,β-unsaturated/α-hetero) is 1. The molecule has 1 saturated carbocycles. The van der Waals surface area contributed by atoms with Crippen molar-refractivity contribution >= 4 is 5.78 Å². The molecule has 0 saturated heterocycles. The second kappa shape index (κ2) is 10.1. The highest BCUT2D eigenvalue weighted by Crippen LogP contribution is 2.48. The molecule has 25 heavy (non-hydrogen) atoms. The molecular weight excluding hydrogens is 312 g/mol. The Morgan fingerprint density at radius 3 is 2.88 bits per heavy atom. The molecule has 140 valence electrons. The van der Waals surface area contributed by atoms with Gasteiger partial charge in [-0.3, -0.25) is 4.79 Å². The Labute approximate surface area is 152 Å². The van der Waals surface area contributed by atoms with Crippen LogP contribution >= 0.6 is 0 Å². The van der Waals surface area contributed by atoms with E-state index in [9.17, 15) is 9.90 Å². The molecular formula is C22H34O3. The predicted octanol–water partition coefficient (Wildman–Crippen LogP) is 3.88. The molecule has 0 aromatic carbocycles. The molecule has 2 N–H and O–H groups in total. The summed E-state index contributed by atoms with van der Waals surface area (Å²) in [6, 6.07) is 0. The van der Waals surface area contributed by atoms with Gasteiger partial charge in [0.25, 0.3) is 0 Å². The van der Waals surface area contributed by atoms with E-state index in [-0.39, 0.29) is 18.3 Å². The molecule has 0 heterocycles. The number of unbranched alkanes of at least 4 members (excludes halogenated alkanes) is 2. The van der Waals surface area contributed by atoms with Gasteiger partial charge in [0.05, 0.1) is 6.10 Å². The van der Waals surface area contributed by atoms with E-state index in [4.69, 9.17) is 5.11 Å². The highest BCUT2D eigenvalue weighted by molar-refractivity contribution is 5.82. The first-order chi connectivity index (χ1) is 12.1. The molecule has 0 amide bonds. The molecule has 1 fully saturated rings. The van der Waals surface area contributed by atoms with Crippen LogP contribution in [0.4, 0.5) is 0 Å². The molecule has 0 bridgehead atoms. The minimum Gasteiger partial charge on any atom is -0.396 e. The summed E-state index contributed by atoms with van der Waals surface area (Å²) in [5.41, 5.74) is 1.46. The van der Waals surface area contributed by atoms with Gasteiger partial charge in [-0.2, -0.15) is 0 Å². The lowest BCUT2D eigenvalue weighted by molar-refractivity contribution is -0.127. The molecule has 0 aromatic rings. The minimum atomic E-state index is -0.458. The highest BCUT2D eigenvalue weighted by Gasteiger charge is 2.47. The number of hydrogen-bond donors (Lipinski definition) is 2. The van der Waals surface area contributed by atoms with Crippen molar-refractivity contribution < 1.29 is 15.0 Å². The molecule has 2 rings (SSSR count). The zero-order valence-corrected chi connectivity index (χ0v) is 15.8. The summed E-state index contributed by atoms with van der Waals surface area (Å²) in [7, 11) is 0. The molecule has 2 aliphatic carbocycles. The SMILES string of the molecule is CC#CCC(C)CCC(=O)[C@@H]1[C@@H]2CC(CCCCCO)=C[C@@H]2C[C@H]1O. The smallest absolute Gasteiger partial charge is 0.138 e. The summed E-state index contributed by atoms with van der Waals surface area (Å²) in [5.74, 6) is 7.24. The summed E-state index contributed by atoms with van der Waals surface area (Å²) in [6.45, 7) is 4.27. The Bertz CT molecular complexity index is 525. The summed E-state index contributed by atoms with van der Waals surface area (Å²) >= 11 is 0. The van der Waals surface area contributed by atoms with E-state index >= 15 is 0 Å². The first-order valence-corrected chi connectivity index (χ1v) is 9.97. The number of allylic oxidation sites excluding steroid dienone is 2. The van der Waals surface area contributed by atoms with Gasteiger partial charge in [-0.1, -0.05) is 25.0 Å². The van der Waals surface area contributed by atoms with Gasteiger partial charge in [0.2, 0.25) is 0 Å². The third-order valence-corrected chi connectivity index (χ3v) is 5.93. The van der Waals surface area contributed by atoms with Gasteiger partial charge in [0.15, 0.2) is 0 Å². The zero-order valence-electron chi connectivity index (χ0n) is 15.8. The van der Waals surface area contributed by atoms with Gasteiger partial charge >= 0.3 is 0 Å². The lowest BCUT2D eigenvalue weighted by atomic mass is 9.83. The summed E-state index contributed by atoms with van der Waals surface area (Å²) in [6.07, 6.45) is 10.0. The van der Waals surface area contributed by atoms with Crippen LogP contribution in [-0.2, 0) is 4.79 Å². The van der Waals surface area contributed by atoms with E-state index in [1.165, 1.54) is 5.57 Å². The molecule has 0 spiro atoms. The Morgan fingerprint density at radius 2 is 2.16 bits per heavy atom. The Kier molecular flexibility index (Phi) is 8.19. The number of carbonyl (C=O) groups is 1. The molecule has 3 nitrogen and oxygen atoms in total. The molecule has 2 aliphatic rings. The van der Waals surface area contributed by atoms with Crippen LogP contribution < -0.4 is 0 Å². The highest BCUT2D eigenvalue weighted by atomic mass is 16.3. The number of hydrogen-bond acceptors (Lipinski definition) is 3. The standard InChI is InChI=1S/C22H34O3/c1-3-4-8-16(2)10-11-20(24)22-19-14-17(9-6-5-7-12-23)13-18(19)15-21(22)25/h13,16,18-19,21-23,25H,5-12,14-15H2,1-2H3/t16?,18-,19-,21-,22+/m1/s1. The van der Waals surface area contributed by atoms with Crippen molar-refractivity contribution in [3.63, 3.8) is 0 Å². The Hall–Kier alpha value is -1.11. The predicted molar refractivity (Wildman–Crippen MR) is 101 cm³/mol. The van der Waals surface area contributed by atoms with Crippen LogP contribution in [0.3, 0.4) is 0 Å². The van der Waals surface area contributed by atoms with Crippen molar-refractivity contribution in [2.24, 2.45) is 23.7 Å². The second-order valence-corrected chi connectivity index (χ2v) is 7.96. The average molecular weight is 347 g/mol. The van der Waals surface area contributed by atoms with Crippen molar-refractivity contribution in [1.29, 1.82) is 0 Å². The van der Waals surface area contributed by atoms with Crippen molar-refractivity contribution in [2.45, 2.75) is 77.7 Å². The fraction of sp³-hybridized carbons (Fsp3) is 0.773. The quantitative estimate of drug-likeness (QED) is 0.358. The van der Waals surface area contributed by atoms with E-state index in [2.05, 4.69) is 24.8 Å². The van der Waals surface area contributed by atoms with Crippen LogP contribution in [0.25, 0.3) is 0 Å². The summed E-state index contributed by atoms with van der Waals surface area (Å²) < 4.78 is 0. The number of aliphatic hydroxyl groups is 2. The molecule has 0 aliphatic heterocycles. The molecule has 0 aromatic heterocycles. The maximum atomic E-state index is 12.7. The number of rotatable bonds is 10. The van der Waals surface area contributed by atoms with E-state index in [1.54, 1.807) is 0 Å². The van der Waals surface area contributed by atoms with Crippen LogP contribution in [0.5, 0.6) is 0 Å². The van der Waals surface area contributed by atoms with Gasteiger partial charge < -0.3 is 10.2 Å². The van der Waals surface area contributed by atoms with Gasteiger partial charge in [0, 0.05) is 25.4 Å². The Balaban J connectivity index is 1.82. The maximum absolute atomic E-state index is 12.7. The number of ketones is 1. The number of carbonyl (C=O) groups excluding carboxylic acids is 1. The fourth-order valence-electron chi connectivity index (χ4n) is 4.51. The molecule has 5 atom stereocenters. The lowest BCUT2D eigenvalue weighted by Crippen LogP contribution is -2.28. The van der Waals surface area contributed by atoms with Crippen molar-refractivity contribution in [3.05, 3.63) is 11.6 Å². The second-order valence-electron chi connectivity index (χ2n) is 7.96. The molecule has 0 radical (unpaired) electrons. The normalized spacial score (nSPS) is 28.9. The topological polar surface area (TPSA) is 57.5 Å².